The maximum atomic E-state index is 11.9. The molecule has 0 spiro atoms. The first kappa shape index (κ1) is 12.7. The van der Waals surface area contributed by atoms with Crippen LogP contribution in [0.15, 0.2) is 0 Å². The Morgan fingerprint density at radius 3 is 2.88 bits per heavy atom. The van der Waals surface area contributed by atoms with Crippen molar-refractivity contribution < 1.29 is 9.53 Å². The molecule has 0 bridgehead atoms. The molecular weight excluding hydrogens is 216 g/mol. The molecule has 1 heterocycles. The predicted octanol–water partition coefficient (Wildman–Crippen LogP) is 1.85. The molecule has 1 amide bonds. The van der Waals surface area contributed by atoms with Gasteiger partial charge in [0.25, 0.3) is 0 Å². The summed E-state index contributed by atoms with van der Waals surface area (Å²) in [6.45, 7) is 4.97. The average molecular weight is 240 g/mol. The van der Waals surface area contributed by atoms with E-state index in [9.17, 15) is 4.79 Å². The smallest absolute Gasteiger partial charge is 0.410 e. The Bertz CT molecular complexity index is 264. The summed E-state index contributed by atoms with van der Waals surface area (Å²) in [5.41, 5.74) is 0. The Labute approximate surface area is 104 Å². The number of nitrogens with zero attached hydrogens (tertiary/aromatic N) is 1. The highest BCUT2D eigenvalue weighted by Crippen LogP contribution is 2.30. The van der Waals surface area contributed by atoms with Gasteiger partial charge in [0, 0.05) is 13.1 Å². The maximum absolute atomic E-state index is 11.9. The molecule has 2 rings (SSSR count). The summed E-state index contributed by atoms with van der Waals surface area (Å²) in [4.78, 5) is 13.8. The normalized spacial score (nSPS) is 33.1. The van der Waals surface area contributed by atoms with Gasteiger partial charge in [-0.25, -0.2) is 4.79 Å². The highest BCUT2D eigenvalue weighted by Gasteiger charge is 2.33. The van der Waals surface area contributed by atoms with Gasteiger partial charge in [0.2, 0.25) is 0 Å². The molecule has 1 unspecified atom stereocenters. The lowest BCUT2D eigenvalue weighted by atomic mass is 9.82. The minimum atomic E-state index is -0.0931. The monoisotopic (exact) mass is 240 g/mol. The van der Waals surface area contributed by atoms with Crippen LogP contribution in [0, 0.1) is 11.8 Å². The van der Waals surface area contributed by atoms with Crippen molar-refractivity contribution in [3.8, 4) is 0 Å². The number of rotatable bonds is 3. The summed E-state index contributed by atoms with van der Waals surface area (Å²) >= 11 is 0. The second kappa shape index (κ2) is 5.71. The topological polar surface area (TPSA) is 41.6 Å². The van der Waals surface area contributed by atoms with Crippen LogP contribution >= 0.6 is 0 Å². The van der Waals surface area contributed by atoms with Crippen LogP contribution in [0.1, 0.15) is 32.6 Å². The average Bonchev–Trinajstić information content (AvgIpc) is 2.26. The molecule has 4 heteroatoms. The molecular formula is C13H24N2O2. The van der Waals surface area contributed by atoms with Crippen molar-refractivity contribution in [3.63, 3.8) is 0 Å². The highest BCUT2D eigenvalue weighted by molar-refractivity contribution is 5.68. The highest BCUT2D eigenvalue weighted by atomic mass is 16.6. The molecule has 98 valence electrons. The first-order valence-electron chi connectivity index (χ1n) is 6.79. The van der Waals surface area contributed by atoms with Gasteiger partial charge in [-0.1, -0.05) is 6.92 Å². The van der Waals surface area contributed by atoms with Crippen LogP contribution in [0.2, 0.25) is 0 Å². The van der Waals surface area contributed by atoms with Crippen molar-refractivity contribution in [2.45, 2.75) is 38.7 Å². The number of piperidine rings is 1. The number of hydrogen-bond acceptors (Lipinski definition) is 3. The number of likely N-dealkylation sites (tertiary alicyclic amines) is 1. The van der Waals surface area contributed by atoms with Crippen molar-refractivity contribution in [2.24, 2.45) is 11.8 Å². The fraction of sp³-hybridized carbons (Fsp3) is 0.923. The molecule has 2 fully saturated rings. The van der Waals surface area contributed by atoms with Crippen molar-refractivity contribution in [2.75, 3.05) is 26.7 Å². The van der Waals surface area contributed by atoms with E-state index in [0.717, 1.165) is 38.9 Å². The molecule has 0 aromatic heterocycles. The third-order valence-corrected chi connectivity index (χ3v) is 3.87. The minimum absolute atomic E-state index is 0.0931. The zero-order chi connectivity index (χ0) is 12.3. The van der Waals surface area contributed by atoms with Gasteiger partial charge in [0.1, 0.15) is 6.10 Å². The van der Waals surface area contributed by atoms with Gasteiger partial charge in [-0.05, 0) is 51.1 Å². The van der Waals surface area contributed by atoms with E-state index < -0.39 is 0 Å². The zero-order valence-electron chi connectivity index (χ0n) is 10.9. The van der Waals surface area contributed by atoms with Crippen LogP contribution < -0.4 is 5.32 Å². The van der Waals surface area contributed by atoms with E-state index in [1.165, 1.54) is 6.42 Å². The number of ether oxygens (including phenoxy) is 1. The summed E-state index contributed by atoms with van der Waals surface area (Å²) in [7, 11) is 1.97. The molecule has 17 heavy (non-hydrogen) atoms. The van der Waals surface area contributed by atoms with Crippen molar-refractivity contribution in [1.82, 2.24) is 10.2 Å². The quantitative estimate of drug-likeness (QED) is 0.818. The minimum Gasteiger partial charge on any atom is -0.446 e. The van der Waals surface area contributed by atoms with Gasteiger partial charge >= 0.3 is 6.09 Å². The lowest BCUT2D eigenvalue weighted by molar-refractivity contribution is -0.00574. The molecule has 1 saturated heterocycles. The number of carbonyl (C=O) groups excluding carboxylic acids is 1. The molecule has 0 aromatic carbocycles. The predicted molar refractivity (Wildman–Crippen MR) is 66.9 cm³/mol. The van der Waals surface area contributed by atoms with Gasteiger partial charge < -0.3 is 15.0 Å². The third-order valence-electron chi connectivity index (χ3n) is 3.87. The largest absolute Gasteiger partial charge is 0.446 e. The Balaban J connectivity index is 1.68. The van der Waals surface area contributed by atoms with Gasteiger partial charge in [-0.3, -0.25) is 0 Å². The lowest BCUT2D eigenvalue weighted by Gasteiger charge is -2.37. The van der Waals surface area contributed by atoms with Gasteiger partial charge in [0.15, 0.2) is 0 Å². The van der Waals surface area contributed by atoms with Gasteiger partial charge in [0.05, 0.1) is 0 Å². The van der Waals surface area contributed by atoms with Crippen LogP contribution in [0.3, 0.4) is 0 Å². The van der Waals surface area contributed by atoms with E-state index in [1.807, 2.05) is 11.9 Å². The number of hydrogen-bond donors (Lipinski definition) is 1. The summed E-state index contributed by atoms with van der Waals surface area (Å²) < 4.78 is 5.51. The van der Waals surface area contributed by atoms with Crippen molar-refractivity contribution in [3.05, 3.63) is 0 Å². The first-order chi connectivity index (χ1) is 8.19. The van der Waals surface area contributed by atoms with E-state index in [-0.39, 0.29) is 12.2 Å². The molecule has 1 atom stereocenters. The Morgan fingerprint density at radius 2 is 2.24 bits per heavy atom. The molecule has 0 radical (unpaired) electrons. The van der Waals surface area contributed by atoms with Crippen molar-refractivity contribution in [1.29, 1.82) is 0 Å². The van der Waals surface area contributed by atoms with Crippen LogP contribution in [-0.4, -0.2) is 43.8 Å². The summed E-state index contributed by atoms with van der Waals surface area (Å²) in [6, 6.07) is 0. The van der Waals surface area contributed by atoms with Crippen molar-refractivity contribution >= 4 is 6.09 Å². The number of carbonyl (C=O) groups is 1. The SMILES string of the molecule is CNCC1CC(OC(=O)N2CCCC(C)C2)C1. The number of nitrogens with one attached hydrogen (secondary N) is 1. The molecule has 1 N–H and O–H groups in total. The van der Waals surface area contributed by atoms with E-state index in [4.69, 9.17) is 4.74 Å². The summed E-state index contributed by atoms with van der Waals surface area (Å²) in [5.74, 6) is 1.31. The van der Waals surface area contributed by atoms with Gasteiger partial charge in [-0.15, -0.1) is 0 Å². The van der Waals surface area contributed by atoms with Crippen LogP contribution in [0.4, 0.5) is 4.79 Å². The Morgan fingerprint density at radius 1 is 1.47 bits per heavy atom. The maximum Gasteiger partial charge on any atom is 0.410 e. The van der Waals surface area contributed by atoms with Crippen LogP contribution in [0.25, 0.3) is 0 Å². The van der Waals surface area contributed by atoms with E-state index >= 15 is 0 Å². The molecule has 1 aliphatic heterocycles. The van der Waals surface area contributed by atoms with E-state index in [1.54, 1.807) is 0 Å². The van der Waals surface area contributed by atoms with E-state index in [0.29, 0.717) is 11.8 Å². The standard InChI is InChI=1S/C13H24N2O2/c1-10-4-3-5-15(9-10)13(16)17-12-6-11(7-12)8-14-2/h10-12,14H,3-9H2,1-2H3. The van der Waals surface area contributed by atoms with Crippen LogP contribution in [0.5, 0.6) is 0 Å². The summed E-state index contributed by atoms with van der Waals surface area (Å²) in [6.07, 6.45) is 4.47. The summed E-state index contributed by atoms with van der Waals surface area (Å²) in [5, 5.41) is 3.16. The lowest BCUT2D eigenvalue weighted by Crippen LogP contribution is -2.44. The molecule has 1 aliphatic carbocycles. The molecule has 2 aliphatic rings. The molecule has 1 saturated carbocycles. The molecule has 0 aromatic rings. The van der Waals surface area contributed by atoms with Crippen LogP contribution in [-0.2, 0) is 4.74 Å². The Kier molecular flexibility index (Phi) is 4.26. The fourth-order valence-corrected chi connectivity index (χ4v) is 2.80. The van der Waals surface area contributed by atoms with Gasteiger partial charge in [-0.2, -0.15) is 0 Å². The fourth-order valence-electron chi connectivity index (χ4n) is 2.80. The number of amides is 1. The third kappa shape index (κ3) is 3.35. The second-order valence-corrected chi connectivity index (χ2v) is 5.59. The zero-order valence-corrected chi connectivity index (χ0v) is 10.9. The first-order valence-corrected chi connectivity index (χ1v) is 6.79. The Hall–Kier alpha value is -0.770. The molecule has 4 nitrogen and oxygen atoms in total. The second-order valence-electron chi connectivity index (χ2n) is 5.59. The van der Waals surface area contributed by atoms with E-state index in [2.05, 4.69) is 12.2 Å².